The van der Waals surface area contributed by atoms with Crippen LogP contribution in [0.3, 0.4) is 0 Å². The van der Waals surface area contributed by atoms with Crippen LogP contribution in [0.25, 0.3) is 10.2 Å². The van der Waals surface area contributed by atoms with Gasteiger partial charge in [0.25, 0.3) is 11.8 Å². The predicted octanol–water partition coefficient (Wildman–Crippen LogP) is 5.42. The molecule has 0 saturated carbocycles. The smallest absolute Gasteiger partial charge is 0.257 e. The van der Waals surface area contributed by atoms with Crippen molar-refractivity contribution in [2.45, 2.75) is 13.8 Å². The average Bonchev–Trinajstić information content (AvgIpc) is 3.12. The number of nitrogens with zero attached hydrogens (tertiary/aromatic N) is 1. The maximum atomic E-state index is 12.5. The number of rotatable bonds is 4. The summed E-state index contributed by atoms with van der Waals surface area (Å²) in [6.45, 7) is 3.92. The number of thiazole rings is 1. The van der Waals surface area contributed by atoms with Gasteiger partial charge >= 0.3 is 0 Å². The van der Waals surface area contributed by atoms with Gasteiger partial charge in [-0.2, -0.15) is 0 Å². The highest BCUT2D eigenvalue weighted by molar-refractivity contribution is 7.22. The molecule has 0 unspecified atom stereocenters. The van der Waals surface area contributed by atoms with Crippen LogP contribution in [0.5, 0.6) is 0 Å². The van der Waals surface area contributed by atoms with Gasteiger partial charge in [0.2, 0.25) is 0 Å². The van der Waals surface area contributed by atoms with Crippen LogP contribution in [0.4, 0.5) is 10.8 Å². The molecule has 5 nitrogen and oxygen atoms in total. The third-order valence-corrected chi connectivity index (χ3v) is 5.43. The number of aryl methyl sites for hydroxylation is 2. The summed E-state index contributed by atoms with van der Waals surface area (Å²) in [6.07, 6.45) is 0. The van der Waals surface area contributed by atoms with E-state index >= 15 is 0 Å². The fraction of sp³-hybridized carbons (Fsp3) is 0.0870. The quantitative estimate of drug-likeness (QED) is 0.480. The first-order valence-corrected chi connectivity index (χ1v) is 9.97. The van der Waals surface area contributed by atoms with Crippen molar-refractivity contribution >= 4 is 44.2 Å². The Morgan fingerprint density at radius 3 is 2.21 bits per heavy atom. The lowest BCUT2D eigenvalue weighted by Gasteiger charge is -2.07. The Hall–Kier alpha value is -3.51. The molecule has 0 atom stereocenters. The highest BCUT2D eigenvalue weighted by atomic mass is 32.1. The molecule has 0 fully saturated rings. The Morgan fingerprint density at radius 1 is 0.828 bits per heavy atom. The maximum absolute atomic E-state index is 12.5. The molecule has 4 aromatic rings. The minimum atomic E-state index is -0.199. The van der Waals surface area contributed by atoms with Crippen LogP contribution < -0.4 is 10.6 Å². The maximum Gasteiger partial charge on any atom is 0.257 e. The monoisotopic (exact) mass is 401 g/mol. The Balaban J connectivity index is 1.56. The molecule has 0 radical (unpaired) electrons. The summed E-state index contributed by atoms with van der Waals surface area (Å²) in [5.74, 6) is -0.360. The van der Waals surface area contributed by atoms with Crippen molar-refractivity contribution in [3.05, 3.63) is 89.0 Å². The summed E-state index contributed by atoms with van der Waals surface area (Å²) in [5, 5.41) is 6.31. The molecule has 0 bridgehead atoms. The second-order valence-corrected chi connectivity index (χ2v) is 7.83. The van der Waals surface area contributed by atoms with Crippen LogP contribution in [0.1, 0.15) is 31.8 Å². The fourth-order valence-corrected chi connectivity index (χ4v) is 3.97. The second-order valence-electron chi connectivity index (χ2n) is 6.80. The summed E-state index contributed by atoms with van der Waals surface area (Å²) < 4.78 is 0.896. The molecule has 0 saturated heterocycles. The Morgan fingerprint density at radius 2 is 1.48 bits per heavy atom. The van der Waals surface area contributed by atoms with Crippen molar-refractivity contribution in [3.8, 4) is 0 Å². The molecule has 29 heavy (non-hydrogen) atoms. The first-order chi connectivity index (χ1) is 14.0. The van der Waals surface area contributed by atoms with E-state index in [0.29, 0.717) is 21.9 Å². The number of fused-ring (bicyclic) bond motifs is 1. The number of hydrogen-bond donors (Lipinski definition) is 2. The lowest BCUT2D eigenvalue weighted by molar-refractivity contribution is 0.101. The second kappa shape index (κ2) is 7.85. The molecule has 6 heteroatoms. The first-order valence-electron chi connectivity index (χ1n) is 9.15. The van der Waals surface area contributed by atoms with Crippen molar-refractivity contribution in [1.82, 2.24) is 4.98 Å². The van der Waals surface area contributed by atoms with Crippen molar-refractivity contribution in [1.29, 1.82) is 0 Å². The third-order valence-electron chi connectivity index (χ3n) is 4.51. The largest absolute Gasteiger partial charge is 0.322 e. The van der Waals surface area contributed by atoms with Crippen molar-refractivity contribution in [2.75, 3.05) is 10.6 Å². The van der Waals surface area contributed by atoms with Crippen molar-refractivity contribution in [3.63, 3.8) is 0 Å². The topological polar surface area (TPSA) is 71.1 Å². The number of hydrogen-bond acceptors (Lipinski definition) is 4. The summed E-state index contributed by atoms with van der Waals surface area (Å²) in [7, 11) is 0. The number of carbonyl (C=O) groups is 2. The van der Waals surface area contributed by atoms with Gasteiger partial charge in [-0.1, -0.05) is 47.2 Å². The molecule has 144 valence electrons. The Kier molecular flexibility index (Phi) is 5.10. The number of carbonyl (C=O) groups excluding carboxylic acids is 2. The molecule has 1 aromatic heterocycles. The van der Waals surface area contributed by atoms with Gasteiger partial charge in [-0.25, -0.2) is 4.98 Å². The normalized spacial score (nSPS) is 10.7. The van der Waals surface area contributed by atoms with E-state index in [1.165, 1.54) is 11.3 Å². The highest BCUT2D eigenvalue weighted by Crippen LogP contribution is 2.31. The van der Waals surface area contributed by atoms with E-state index in [1.54, 1.807) is 24.3 Å². The van der Waals surface area contributed by atoms with Gasteiger partial charge in [0, 0.05) is 16.8 Å². The van der Waals surface area contributed by atoms with Crippen LogP contribution in [-0.4, -0.2) is 16.8 Å². The zero-order valence-electron chi connectivity index (χ0n) is 16.0. The minimum absolute atomic E-state index is 0.161. The zero-order valence-corrected chi connectivity index (χ0v) is 16.8. The number of nitrogens with one attached hydrogen (secondary N) is 2. The molecule has 1 heterocycles. The molecular formula is C23H19N3O2S. The van der Waals surface area contributed by atoms with Gasteiger partial charge in [-0.05, 0) is 55.8 Å². The molecule has 2 amide bonds. The molecule has 0 aliphatic carbocycles. The van der Waals surface area contributed by atoms with E-state index in [-0.39, 0.29) is 11.8 Å². The van der Waals surface area contributed by atoms with Crippen LogP contribution in [0, 0.1) is 13.8 Å². The van der Waals surface area contributed by atoms with E-state index in [1.807, 2.05) is 56.3 Å². The van der Waals surface area contributed by atoms with E-state index in [4.69, 9.17) is 0 Å². The van der Waals surface area contributed by atoms with Crippen molar-refractivity contribution < 1.29 is 9.59 Å². The molecule has 4 rings (SSSR count). The predicted molar refractivity (Wildman–Crippen MR) is 118 cm³/mol. The number of amides is 2. The van der Waals surface area contributed by atoms with Crippen molar-refractivity contribution in [2.24, 2.45) is 0 Å². The van der Waals surface area contributed by atoms with Crippen LogP contribution >= 0.6 is 11.3 Å². The van der Waals surface area contributed by atoms with E-state index in [9.17, 15) is 9.59 Å². The van der Waals surface area contributed by atoms with Gasteiger partial charge < -0.3 is 5.32 Å². The lowest BCUT2D eigenvalue weighted by atomic mass is 10.1. The highest BCUT2D eigenvalue weighted by Gasteiger charge is 2.13. The van der Waals surface area contributed by atoms with Gasteiger partial charge in [0.05, 0.1) is 10.2 Å². The lowest BCUT2D eigenvalue weighted by Crippen LogP contribution is -2.11. The first kappa shape index (κ1) is 18.8. The van der Waals surface area contributed by atoms with E-state index in [0.717, 1.165) is 21.3 Å². The van der Waals surface area contributed by atoms with Gasteiger partial charge in [-0.15, -0.1) is 0 Å². The number of benzene rings is 3. The molecule has 2 N–H and O–H groups in total. The molecule has 3 aromatic carbocycles. The number of anilines is 2. The Labute approximate surface area is 172 Å². The molecular weight excluding hydrogens is 382 g/mol. The van der Waals surface area contributed by atoms with Gasteiger partial charge in [-0.3, -0.25) is 14.9 Å². The SMILES string of the molecule is Cc1ccc(C(=O)Nc2cc(C)c3nc(NC(=O)c4ccccc4)sc3c2)cc1. The summed E-state index contributed by atoms with van der Waals surface area (Å²) in [4.78, 5) is 29.4. The van der Waals surface area contributed by atoms with Crippen LogP contribution in [0.2, 0.25) is 0 Å². The summed E-state index contributed by atoms with van der Waals surface area (Å²) in [5.41, 5.74) is 4.73. The third kappa shape index (κ3) is 4.17. The van der Waals surface area contributed by atoms with Crippen LogP contribution in [-0.2, 0) is 0 Å². The standard InChI is InChI=1S/C23H19N3O2S/c1-14-8-10-17(11-9-14)21(27)24-18-12-15(2)20-19(13-18)29-23(25-20)26-22(28)16-6-4-3-5-7-16/h3-13H,1-2H3,(H,24,27)(H,25,26,28). The zero-order chi connectivity index (χ0) is 20.4. The number of aromatic nitrogens is 1. The van der Waals surface area contributed by atoms with Crippen LogP contribution in [0.15, 0.2) is 66.7 Å². The summed E-state index contributed by atoms with van der Waals surface area (Å²) in [6, 6.07) is 20.2. The Bertz CT molecular complexity index is 1200. The fourth-order valence-electron chi connectivity index (χ4n) is 2.99. The average molecular weight is 401 g/mol. The molecule has 0 aliphatic heterocycles. The van der Waals surface area contributed by atoms with Gasteiger partial charge in [0.1, 0.15) is 0 Å². The van der Waals surface area contributed by atoms with E-state index in [2.05, 4.69) is 15.6 Å². The minimum Gasteiger partial charge on any atom is -0.322 e. The van der Waals surface area contributed by atoms with Gasteiger partial charge in [0.15, 0.2) is 5.13 Å². The van der Waals surface area contributed by atoms with E-state index < -0.39 is 0 Å². The molecule has 0 aliphatic rings. The summed E-state index contributed by atoms with van der Waals surface area (Å²) >= 11 is 1.38. The molecule has 0 spiro atoms.